The molecule has 0 aromatic rings. The number of carbonyl (C=O) groups excluding carboxylic acids is 4. The van der Waals surface area contributed by atoms with Gasteiger partial charge in [-0.3, -0.25) is 37.3 Å². The molecule has 0 aromatic carbocycles. The molecular formula is C91H150O17P2. The number of unbranched alkanes of at least 4 members (excludes halogenated alkanes) is 24. The van der Waals surface area contributed by atoms with E-state index in [1.165, 1.54) is 70.6 Å². The zero-order valence-corrected chi connectivity index (χ0v) is 70.4. The van der Waals surface area contributed by atoms with E-state index >= 15 is 0 Å². The summed E-state index contributed by atoms with van der Waals surface area (Å²) in [6.45, 7) is 4.50. The second-order valence-corrected chi connectivity index (χ2v) is 30.6. The van der Waals surface area contributed by atoms with Crippen molar-refractivity contribution < 1.29 is 80.2 Å². The summed E-state index contributed by atoms with van der Waals surface area (Å²) in [5.41, 5.74) is 0. The standard InChI is InChI=1S/C91H150O17P2/c1-5-9-13-17-21-25-29-33-36-39-42-45-48-52-55-59-63-67-71-75-88(93)101-81-86(107-90(95)77-73-69-65-61-57-51-32-28-24-20-16-12-8-4)83-105-109(97,98)103-79-85(92)80-104-110(99,100)106-84-87(108-91(96)78-74-70-66-62-58-54-50-47-44-41-38-35-31-27-23-19-15-11-7-3)82-102-89(94)76-72-68-64-60-56-53-49-46-43-40-37-34-30-26-22-18-14-10-6-2/h10-11,14-15,21-23,25-27,33-38,42-47,53-54,56,58,64,68,85-87,92H,5-9,12-13,16-20,24,28-32,39-41,48-52,55,57,59-63,65-67,69-84H2,1-4H3,(H,97,98)(H,99,100)/b14-10-,15-11-,25-21-,26-22-,27-23-,36-33-,37-34-,38-35-,45-42-,46-43-,47-44-,56-53-,58-54-,68-64-. The van der Waals surface area contributed by atoms with Crippen molar-refractivity contribution in [2.45, 2.75) is 341 Å². The van der Waals surface area contributed by atoms with E-state index in [-0.39, 0.29) is 25.7 Å². The van der Waals surface area contributed by atoms with Gasteiger partial charge in [-0.2, -0.15) is 0 Å². The van der Waals surface area contributed by atoms with Gasteiger partial charge in [-0.1, -0.05) is 320 Å². The Balaban J connectivity index is 5.48. The molecule has 110 heavy (non-hydrogen) atoms. The van der Waals surface area contributed by atoms with Crippen LogP contribution in [0.5, 0.6) is 0 Å². The van der Waals surface area contributed by atoms with Crippen molar-refractivity contribution in [1.82, 2.24) is 0 Å². The van der Waals surface area contributed by atoms with Gasteiger partial charge in [0, 0.05) is 25.7 Å². The van der Waals surface area contributed by atoms with Gasteiger partial charge >= 0.3 is 39.5 Å². The van der Waals surface area contributed by atoms with Crippen LogP contribution in [0.2, 0.25) is 0 Å². The molecule has 0 spiro atoms. The van der Waals surface area contributed by atoms with Gasteiger partial charge in [-0.25, -0.2) is 9.13 Å². The number of ether oxygens (including phenoxy) is 4. The summed E-state index contributed by atoms with van der Waals surface area (Å²) >= 11 is 0. The molecule has 626 valence electrons. The highest BCUT2D eigenvalue weighted by molar-refractivity contribution is 7.47. The molecule has 0 aliphatic carbocycles. The predicted molar refractivity (Wildman–Crippen MR) is 454 cm³/mol. The van der Waals surface area contributed by atoms with E-state index in [9.17, 15) is 43.2 Å². The third kappa shape index (κ3) is 80.5. The monoisotopic (exact) mass is 1580 g/mol. The van der Waals surface area contributed by atoms with Gasteiger partial charge in [-0.15, -0.1) is 0 Å². The Bertz CT molecular complexity index is 2750. The fourth-order valence-electron chi connectivity index (χ4n) is 10.8. The molecule has 0 rings (SSSR count). The molecule has 19 heteroatoms. The first-order valence-electron chi connectivity index (χ1n) is 42.4. The number of aliphatic hydroxyl groups is 1. The first kappa shape index (κ1) is 104. The van der Waals surface area contributed by atoms with Gasteiger partial charge in [0.15, 0.2) is 12.2 Å². The van der Waals surface area contributed by atoms with Crippen molar-refractivity contribution in [3.05, 3.63) is 170 Å². The smallest absolute Gasteiger partial charge is 0.462 e. The fraction of sp³-hybridized carbons (Fsp3) is 0.648. The summed E-state index contributed by atoms with van der Waals surface area (Å²) in [4.78, 5) is 73.2. The normalized spacial score (nSPS) is 14.6. The lowest BCUT2D eigenvalue weighted by atomic mass is 10.0. The molecule has 5 unspecified atom stereocenters. The number of hydrogen-bond acceptors (Lipinski definition) is 15. The van der Waals surface area contributed by atoms with Crippen molar-refractivity contribution >= 4 is 39.5 Å². The second-order valence-electron chi connectivity index (χ2n) is 27.7. The molecule has 0 radical (unpaired) electrons. The summed E-state index contributed by atoms with van der Waals surface area (Å²) in [7, 11) is -10.0. The molecule has 0 saturated carbocycles. The van der Waals surface area contributed by atoms with Gasteiger partial charge in [0.1, 0.15) is 19.3 Å². The highest BCUT2D eigenvalue weighted by Gasteiger charge is 2.30. The topological polar surface area (TPSA) is 237 Å². The first-order chi connectivity index (χ1) is 53.7. The average Bonchev–Trinajstić information content (AvgIpc) is 0.900. The molecule has 0 bridgehead atoms. The quantitative estimate of drug-likeness (QED) is 0.0169. The Morgan fingerprint density at radius 3 is 0.809 bits per heavy atom. The van der Waals surface area contributed by atoms with Crippen molar-refractivity contribution in [2.24, 2.45) is 0 Å². The third-order valence-electron chi connectivity index (χ3n) is 17.2. The summed E-state index contributed by atoms with van der Waals surface area (Å²) in [5.74, 6) is -2.33. The van der Waals surface area contributed by atoms with Crippen molar-refractivity contribution in [1.29, 1.82) is 0 Å². The molecule has 0 fully saturated rings. The Labute approximate surface area is 667 Å². The number of esters is 4. The van der Waals surface area contributed by atoms with Crippen LogP contribution in [0.4, 0.5) is 0 Å². The van der Waals surface area contributed by atoms with Crippen LogP contribution in [-0.4, -0.2) is 96.7 Å². The van der Waals surface area contributed by atoms with Gasteiger partial charge in [-0.05, 0) is 148 Å². The maximum atomic E-state index is 13.1. The SMILES string of the molecule is CC/C=C\C/C=C\C/C=C\C/C=C\C/C=C\C/C=C\CCC(=O)OCC(COP(=O)(O)OCC(O)COP(=O)(O)OCC(COC(=O)CCCCCCCC/C=C\C/C=C\C/C=C\CCCCC)OC(=O)CCCCCCCCCCCCCCC)OC(=O)CCCCC/C=C\C/C=C\C/C=C\C/C=C\C/C=C\CC. The lowest BCUT2D eigenvalue weighted by Gasteiger charge is -2.21. The minimum absolute atomic E-state index is 0.0226. The minimum atomic E-state index is -5.01. The van der Waals surface area contributed by atoms with Crippen LogP contribution in [0.15, 0.2) is 170 Å². The highest BCUT2D eigenvalue weighted by Crippen LogP contribution is 2.45. The van der Waals surface area contributed by atoms with Crippen LogP contribution in [0.25, 0.3) is 0 Å². The van der Waals surface area contributed by atoms with Crippen LogP contribution in [0.3, 0.4) is 0 Å². The molecule has 0 amide bonds. The Morgan fingerprint density at radius 2 is 0.491 bits per heavy atom. The van der Waals surface area contributed by atoms with Crippen LogP contribution < -0.4 is 0 Å². The van der Waals surface area contributed by atoms with Crippen molar-refractivity contribution in [3.63, 3.8) is 0 Å². The highest BCUT2D eigenvalue weighted by atomic mass is 31.2. The first-order valence-corrected chi connectivity index (χ1v) is 45.4. The van der Waals surface area contributed by atoms with E-state index in [1.807, 2.05) is 18.2 Å². The molecule has 0 saturated heterocycles. The largest absolute Gasteiger partial charge is 0.472 e. The van der Waals surface area contributed by atoms with E-state index in [4.69, 9.17) is 37.0 Å². The number of allylic oxidation sites excluding steroid dienone is 28. The van der Waals surface area contributed by atoms with Crippen LogP contribution in [0.1, 0.15) is 323 Å². The molecule has 17 nitrogen and oxygen atoms in total. The summed E-state index contributed by atoms with van der Waals surface area (Å²) in [5, 5.41) is 10.7. The lowest BCUT2D eigenvalue weighted by Crippen LogP contribution is -2.30. The lowest BCUT2D eigenvalue weighted by molar-refractivity contribution is -0.161. The Kier molecular flexibility index (Phi) is 77.3. The molecular weight excluding hydrogens is 1430 g/mol. The molecule has 0 heterocycles. The Morgan fingerprint density at radius 1 is 0.264 bits per heavy atom. The maximum Gasteiger partial charge on any atom is 0.472 e. The maximum absolute atomic E-state index is 13.1. The minimum Gasteiger partial charge on any atom is -0.462 e. The molecule has 0 aliphatic heterocycles. The predicted octanol–water partition coefficient (Wildman–Crippen LogP) is 25.3. The van der Waals surface area contributed by atoms with E-state index in [0.717, 1.165) is 167 Å². The number of phosphoric ester groups is 2. The van der Waals surface area contributed by atoms with E-state index in [2.05, 4.69) is 180 Å². The van der Waals surface area contributed by atoms with Gasteiger partial charge in [0.05, 0.1) is 26.4 Å². The number of aliphatic hydroxyl groups excluding tert-OH is 1. The second kappa shape index (κ2) is 81.4. The number of carbonyl (C=O) groups is 4. The molecule has 0 aliphatic rings. The third-order valence-corrected chi connectivity index (χ3v) is 19.1. The van der Waals surface area contributed by atoms with Gasteiger partial charge in [0.2, 0.25) is 0 Å². The van der Waals surface area contributed by atoms with E-state index in [1.54, 1.807) is 0 Å². The molecule has 0 aromatic heterocycles. The van der Waals surface area contributed by atoms with Crippen molar-refractivity contribution in [2.75, 3.05) is 39.6 Å². The average molecular weight is 1580 g/mol. The zero-order chi connectivity index (χ0) is 80.3. The Hall–Kier alpha value is -5.58. The van der Waals surface area contributed by atoms with Crippen molar-refractivity contribution in [3.8, 4) is 0 Å². The molecule has 5 atom stereocenters. The number of hydrogen-bond donors (Lipinski definition) is 3. The number of rotatable bonds is 78. The fourth-order valence-corrected chi connectivity index (χ4v) is 12.4. The summed E-state index contributed by atoms with van der Waals surface area (Å²) < 4.78 is 68.7. The number of phosphoric acid groups is 2. The van der Waals surface area contributed by atoms with E-state index < -0.39 is 97.5 Å². The van der Waals surface area contributed by atoms with Crippen LogP contribution in [-0.2, 0) is 65.4 Å². The molecule has 3 N–H and O–H groups in total. The van der Waals surface area contributed by atoms with Gasteiger partial charge in [0.25, 0.3) is 0 Å². The summed E-state index contributed by atoms with van der Waals surface area (Å²) in [6, 6.07) is 0. The van der Waals surface area contributed by atoms with Crippen LogP contribution >= 0.6 is 15.6 Å². The summed E-state index contributed by atoms with van der Waals surface area (Å²) in [6.07, 6.45) is 97.6. The van der Waals surface area contributed by atoms with Crippen LogP contribution in [0, 0.1) is 0 Å². The van der Waals surface area contributed by atoms with Gasteiger partial charge < -0.3 is 33.8 Å². The van der Waals surface area contributed by atoms with E-state index in [0.29, 0.717) is 32.1 Å². The zero-order valence-electron chi connectivity index (χ0n) is 68.6.